The number of hydrogen-bond donors (Lipinski definition) is 3. The Kier molecular flexibility index (Phi) is 7.19. The molecule has 0 bridgehead atoms. The molecule has 0 saturated heterocycles. The van der Waals surface area contributed by atoms with Crippen LogP contribution in [0.15, 0.2) is 54.7 Å². The molecule has 0 spiro atoms. The number of pyridine rings is 1. The normalized spacial score (nSPS) is 19.3. The molecule has 14 heteroatoms. The molecule has 4 N–H and O–H groups in total. The number of hydrogen-bond acceptors (Lipinski definition) is 5. The van der Waals surface area contributed by atoms with Gasteiger partial charge in [0.2, 0.25) is 5.91 Å². The number of amides is 2. The van der Waals surface area contributed by atoms with E-state index in [0.717, 1.165) is 22.9 Å². The molecule has 2 aromatic heterocycles. The number of aliphatic hydroxyl groups excluding tert-OH is 1. The van der Waals surface area contributed by atoms with Crippen LogP contribution in [-0.2, 0) is 23.9 Å². The minimum atomic E-state index is -4.80. The van der Waals surface area contributed by atoms with E-state index >= 15 is 0 Å². The van der Waals surface area contributed by atoms with Crippen molar-refractivity contribution in [3.05, 3.63) is 106 Å². The lowest BCUT2D eigenvalue weighted by atomic mass is 9.94. The van der Waals surface area contributed by atoms with Gasteiger partial charge in [0.1, 0.15) is 24.0 Å². The van der Waals surface area contributed by atoms with Crippen LogP contribution in [0, 0.1) is 23.4 Å². The Morgan fingerprint density at radius 1 is 1.09 bits per heavy atom. The zero-order valence-electron chi connectivity index (χ0n) is 22.6. The van der Waals surface area contributed by atoms with E-state index in [1.54, 1.807) is 6.07 Å². The van der Waals surface area contributed by atoms with E-state index in [1.807, 2.05) is 0 Å². The molecule has 6 rings (SSSR count). The molecule has 2 aliphatic rings. The summed E-state index contributed by atoms with van der Waals surface area (Å²) in [5.41, 5.74) is 4.43. The molecule has 0 aliphatic heterocycles. The number of halogens is 6. The van der Waals surface area contributed by atoms with Crippen molar-refractivity contribution in [2.24, 2.45) is 11.7 Å². The summed E-state index contributed by atoms with van der Waals surface area (Å²) in [6.07, 6.45) is -4.45. The molecule has 8 nitrogen and oxygen atoms in total. The van der Waals surface area contributed by atoms with E-state index in [2.05, 4.69) is 15.4 Å². The van der Waals surface area contributed by atoms with E-state index < -0.39 is 71.3 Å². The van der Waals surface area contributed by atoms with Crippen molar-refractivity contribution < 1.29 is 41.0 Å². The van der Waals surface area contributed by atoms with Crippen molar-refractivity contribution in [2.75, 3.05) is 0 Å². The summed E-state index contributed by atoms with van der Waals surface area (Å²) in [5.74, 6) is -5.33. The Morgan fingerprint density at radius 2 is 1.82 bits per heavy atom. The monoisotopic (exact) mass is 615 g/mol. The molecule has 44 heavy (non-hydrogen) atoms. The largest absolute Gasteiger partial charge is 0.435 e. The molecular weight excluding hydrogens is 592 g/mol. The number of nitrogens with two attached hydrogens (primary N) is 1. The van der Waals surface area contributed by atoms with Gasteiger partial charge < -0.3 is 16.2 Å². The number of aliphatic hydroxyl groups is 1. The van der Waals surface area contributed by atoms with Crippen molar-refractivity contribution in [3.63, 3.8) is 0 Å². The lowest BCUT2D eigenvalue weighted by molar-refractivity contribution is -0.142. The SMILES string of the molecule is NC(=O)c1cc(-c2cccnc2C(Cc2cc(F)cc(F)c2)NC(=O)Cn2nc(C(F)(F)F)c3c2C(O)C2CC32)ccc1F. The molecule has 228 valence electrons. The number of nitrogens with one attached hydrogen (secondary N) is 1. The summed E-state index contributed by atoms with van der Waals surface area (Å²) < 4.78 is 84.6. The number of benzene rings is 2. The number of fused-ring (bicyclic) bond motifs is 3. The van der Waals surface area contributed by atoms with Gasteiger partial charge in [-0.05, 0) is 66.1 Å². The number of nitrogens with zero attached hydrogens (tertiary/aromatic N) is 3. The maximum atomic E-state index is 14.2. The highest BCUT2D eigenvalue weighted by molar-refractivity contribution is 5.94. The van der Waals surface area contributed by atoms with Crippen molar-refractivity contribution in [2.45, 2.75) is 43.6 Å². The summed E-state index contributed by atoms with van der Waals surface area (Å²) >= 11 is 0. The fourth-order valence-electron chi connectivity index (χ4n) is 5.97. The highest BCUT2D eigenvalue weighted by atomic mass is 19.4. The lowest BCUT2D eigenvalue weighted by Crippen LogP contribution is -2.34. The molecule has 0 radical (unpaired) electrons. The van der Waals surface area contributed by atoms with E-state index in [0.29, 0.717) is 18.1 Å². The van der Waals surface area contributed by atoms with Crippen molar-refractivity contribution >= 4 is 11.8 Å². The topological polar surface area (TPSA) is 123 Å². The van der Waals surface area contributed by atoms with Crippen LogP contribution in [0.5, 0.6) is 0 Å². The predicted octanol–water partition coefficient (Wildman–Crippen LogP) is 4.73. The van der Waals surface area contributed by atoms with Crippen LogP contribution in [0.3, 0.4) is 0 Å². The van der Waals surface area contributed by atoms with Gasteiger partial charge in [0, 0.05) is 23.4 Å². The van der Waals surface area contributed by atoms with Crippen LogP contribution in [0.1, 0.15) is 63.1 Å². The zero-order chi connectivity index (χ0) is 31.5. The van der Waals surface area contributed by atoms with Gasteiger partial charge in [0.15, 0.2) is 5.69 Å². The second kappa shape index (κ2) is 10.8. The quantitative estimate of drug-likeness (QED) is 0.248. The first-order chi connectivity index (χ1) is 20.8. The number of carbonyl (C=O) groups excluding carboxylic acids is 2. The third kappa shape index (κ3) is 5.41. The number of primary amides is 1. The number of carbonyl (C=O) groups is 2. The predicted molar refractivity (Wildman–Crippen MR) is 142 cm³/mol. The highest BCUT2D eigenvalue weighted by Gasteiger charge is 2.58. The average Bonchev–Trinajstić information content (AvgIpc) is 3.56. The van der Waals surface area contributed by atoms with Gasteiger partial charge >= 0.3 is 6.18 Å². The van der Waals surface area contributed by atoms with Gasteiger partial charge in [-0.1, -0.05) is 12.1 Å². The molecular formula is C30H23F6N5O3. The lowest BCUT2D eigenvalue weighted by Gasteiger charge is -2.22. The van der Waals surface area contributed by atoms with Gasteiger partial charge in [-0.2, -0.15) is 18.3 Å². The second-order valence-corrected chi connectivity index (χ2v) is 10.9. The third-order valence-electron chi connectivity index (χ3n) is 7.90. The molecule has 2 amide bonds. The van der Waals surface area contributed by atoms with Crippen molar-refractivity contribution in [3.8, 4) is 11.1 Å². The second-order valence-electron chi connectivity index (χ2n) is 10.9. The first-order valence-corrected chi connectivity index (χ1v) is 13.5. The number of alkyl halides is 3. The number of aromatic nitrogens is 3. The van der Waals surface area contributed by atoms with Gasteiger partial charge in [0.05, 0.1) is 29.1 Å². The van der Waals surface area contributed by atoms with Crippen LogP contribution in [-0.4, -0.2) is 31.7 Å². The third-order valence-corrected chi connectivity index (χ3v) is 7.90. The van der Waals surface area contributed by atoms with E-state index in [9.17, 15) is 41.0 Å². The Hall–Kier alpha value is -4.72. The summed E-state index contributed by atoms with van der Waals surface area (Å²) in [5, 5.41) is 16.9. The van der Waals surface area contributed by atoms with E-state index in [1.165, 1.54) is 24.4 Å². The zero-order valence-corrected chi connectivity index (χ0v) is 22.6. The molecule has 1 fully saturated rings. The van der Waals surface area contributed by atoms with Crippen LogP contribution < -0.4 is 11.1 Å². The van der Waals surface area contributed by atoms with Crippen molar-refractivity contribution in [1.29, 1.82) is 0 Å². The van der Waals surface area contributed by atoms with Crippen molar-refractivity contribution in [1.82, 2.24) is 20.1 Å². The molecule has 1 saturated carbocycles. The Morgan fingerprint density at radius 3 is 2.50 bits per heavy atom. The molecule has 2 heterocycles. The van der Waals surface area contributed by atoms with Gasteiger partial charge in [-0.15, -0.1) is 0 Å². The first-order valence-electron chi connectivity index (χ1n) is 13.5. The maximum absolute atomic E-state index is 14.2. The maximum Gasteiger partial charge on any atom is 0.435 e. The summed E-state index contributed by atoms with van der Waals surface area (Å²) in [6.45, 7) is -0.701. The average molecular weight is 616 g/mol. The molecule has 4 aromatic rings. The smallest absolute Gasteiger partial charge is 0.386 e. The Labute approximate surface area is 245 Å². The van der Waals surface area contributed by atoms with Gasteiger partial charge in [0.25, 0.3) is 5.91 Å². The van der Waals surface area contributed by atoms with Gasteiger partial charge in [-0.25, -0.2) is 13.2 Å². The van der Waals surface area contributed by atoms with E-state index in [-0.39, 0.29) is 40.4 Å². The highest BCUT2D eigenvalue weighted by Crippen LogP contribution is 2.63. The fraction of sp³-hybridized carbons (Fsp3) is 0.267. The Bertz CT molecular complexity index is 1790. The minimum absolute atomic E-state index is 0.0682. The van der Waals surface area contributed by atoms with E-state index in [4.69, 9.17) is 5.73 Å². The van der Waals surface area contributed by atoms with Crippen LogP contribution >= 0.6 is 0 Å². The summed E-state index contributed by atoms with van der Waals surface area (Å²) in [4.78, 5) is 29.5. The first kappa shape index (κ1) is 29.4. The molecule has 4 unspecified atom stereocenters. The van der Waals surface area contributed by atoms with Crippen LogP contribution in [0.25, 0.3) is 11.1 Å². The minimum Gasteiger partial charge on any atom is -0.386 e. The van der Waals surface area contributed by atoms with Crippen LogP contribution in [0.4, 0.5) is 26.3 Å². The van der Waals surface area contributed by atoms with Gasteiger partial charge in [-0.3, -0.25) is 19.3 Å². The fourth-order valence-corrected chi connectivity index (χ4v) is 5.97. The number of rotatable bonds is 8. The molecule has 2 aliphatic carbocycles. The molecule has 2 aromatic carbocycles. The summed E-state index contributed by atoms with van der Waals surface area (Å²) in [6, 6.07) is 8.30. The summed E-state index contributed by atoms with van der Waals surface area (Å²) in [7, 11) is 0. The molecule has 4 atom stereocenters. The Balaban J connectivity index is 1.37. The van der Waals surface area contributed by atoms with Crippen LogP contribution in [0.2, 0.25) is 0 Å². The standard InChI is InChI=1S/C30H23F6N5O3/c31-15-6-13(7-16(32)10-15)8-22(25-17(2-1-5-38-25)14-3-4-21(33)20(9-14)29(37)44)39-23(42)12-41-26-24(18-11-19(18)27(26)43)28(40-41)30(34,35)36/h1-7,9-10,18-19,22,27,43H,8,11-12H2,(H2,37,44)(H,39,42).